The predicted octanol–water partition coefficient (Wildman–Crippen LogP) is 1.77. The Hall–Kier alpha value is -2.01. The molecule has 0 atom stereocenters. The van der Waals surface area contributed by atoms with Gasteiger partial charge in [-0.1, -0.05) is 11.6 Å². The molecule has 0 saturated heterocycles. The van der Waals surface area contributed by atoms with Crippen LogP contribution < -0.4 is 11.1 Å². The number of primary amides is 1. The lowest BCUT2D eigenvalue weighted by Crippen LogP contribution is -2.12. The number of benzene rings is 1. The van der Waals surface area contributed by atoms with Gasteiger partial charge in [0.05, 0.1) is 29.2 Å². The minimum atomic E-state index is -0.541. The molecule has 0 fully saturated rings. The molecule has 0 bridgehead atoms. The van der Waals surface area contributed by atoms with Crippen molar-refractivity contribution >= 4 is 23.2 Å². The molecule has 4 N–H and O–H groups in total. The second-order valence-electron chi connectivity index (χ2n) is 3.49. The molecule has 0 spiro atoms. The van der Waals surface area contributed by atoms with Crippen LogP contribution >= 0.6 is 11.6 Å². The van der Waals surface area contributed by atoms with Crippen molar-refractivity contribution in [3.8, 4) is 0 Å². The summed E-state index contributed by atoms with van der Waals surface area (Å²) in [6.45, 7) is 0.583. The summed E-state index contributed by atoms with van der Waals surface area (Å²) >= 11 is 5.85. The maximum atomic E-state index is 11.1. The number of nitrogens with zero attached hydrogens (tertiary/aromatic N) is 1. The number of amides is 1. The molecule has 2 aromatic rings. The van der Waals surface area contributed by atoms with Gasteiger partial charge in [-0.15, -0.1) is 0 Å². The van der Waals surface area contributed by atoms with E-state index in [9.17, 15) is 4.79 Å². The molecular weight excluding hydrogens is 240 g/mol. The van der Waals surface area contributed by atoms with Crippen LogP contribution in [0.3, 0.4) is 0 Å². The molecule has 0 aliphatic rings. The maximum Gasteiger partial charge on any atom is 0.250 e. The van der Waals surface area contributed by atoms with E-state index < -0.39 is 5.91 Å². The van der Waals surface area contributed by atoms with Crippen LogP contribution in [0.15, 0.2) is 30.7 Å². The van der Waals surface area contributed by atoms with Crippen LogP contribution in [0, 0.1) is 0 Å². The van der Waals surface area contributed by atoms with E-state index >= 15 is 0 Å². The third-order valence-electron chi connectivity index (χ3n) is 2.27. The van der Waals surface area contributed by atoms with Crippen molar-refractivity contribution < 1.29 is 4.79 Å². The number of imidazole rings is 1. The number of hydrogen-bond acceptors (Lipinski definition) is 3. The van der Waals surface area contributed by atoms with E-state index in [1.807, 2.05) is 0 Å². The molecule has 0 radical (unpaired) electrons. The predicted molar refractivity (Wildman–Crippen MR) is 65.9 cm³/mol. The van der Waals surface area contributed by atoms with Gasteiger partial charge < -0.3 is 16.0 Å². The number of carbonyl (C=O) groups excluding carboxylic acids is 1. The van der Waals surface area contributed by atoms with Gasteiger partial charge in [0.2, 0.25) is 5.91 Å². The molecule has 1 heterocycles. The Morgan fingerprint density at radius 2 is 2.35 bits per heavy atom. The van der Waals surface area contributed by atoms with E-state index in [-0.39, 0.29) is 0 Å². The molecule has 5 nitrogen and oxygen atoms in total. The Bertz CT molecular complexity index is 524. The van der Waals surface area contributed by atoms with Crippen LogP contribution in [0.5, 0.6) is 0 Å². The Labute approximate surface area is 103 Å². The van der Waals surface area contributed by atoms with E-state index in [4.69, 9.17) is 17.3 Å². The zero-order valence-electron chi connectivity index (χ0n) is 8.90. The van der Waals surface area contributed by atoms with Crippen LogP contribution in [0.2, 0.25) is 5.02 Å². The Morgan fingerprint density at radius 3 is 3.00 bits per heavy atom. The number of nitrogens with one attached hydrogen (secondary N) is 2. The molecule has 0 aliphatic carbocycles. The Balaban J connectivity index is 2.11. The zero-order chi connectivity index (χ0) is 12.3. The molecule has 1 aromatic carbocycles. The van der Waals surface area contributed by atoms with Gasteiger partial charge >= 0.3 is 0 Å². The van der Waals surface area contributed by atoms with Crippen molar-refractivity contribution in [2.45, 2.75) is 6.54 Å². The van der Waals surface area contributed by atoms with Crippen molar-refractivity contribution in [2.24, 2.45) is 5.73 Å². The largest absolute Gasteiger partial charge is 0.379 e. The van der Waals surface area contributed by atoms with E-state index in [1.54, 1.807) is 30.7 Å². The molecule has 17 heavy (non-hydrogen) atoms. The topological polar surface area (TPSA) is 83.8 Å². The zero-order valence-corrected chi connectivity index (χ0v) is 9.66. The first-order valence-electron chi connectivity index (χ1n) is 4.97. The summed E-state index contributed by atoms with van der Waals surface area (Å²) < 4.78 is 0. The average molecular weight is 251 g/mol. The van der Waals surface area contributed by atoms with E-state index in [2.05, 4.69) is 15.3 Å². The number of H-pyrrole nitrogens is 1. The highest BCUT2D eigenvalue weighted by atomic mass is 35.5. The third kappa shape index (κ3) is 2.76. The lowest BCUT2D eigenvalue weighted by molar-refractivity contribution is 0.100. The average Bonchev–Trinajstić information content (AvgIpc) is 2.80. The summed E-state index contributed by atoms with van der Waals surface area (Å²) in [6, 6.07) is 5.04. The first kappa shape index (κ1) is 11.5. The summed E-state index contributed by atoms with van der Waals surface area (Å²) in [6.07, 6.45) is 3.33. The van der Waals surface area contributed by atoms with Crippen molar-refractivity contribution in [3.05, 3.63) is 47.0 Å². The molecule has 2 rings (SSSR count). The standard InChI is InChI=1S/C11H11ClN4O/c12-10-2-1-7(3-9(10)11(13)17)15-5-8-4-14-6-16-8/h1-4,6,15H,5H2,(H2,13,17)(H,14,16). The number of carbonyl (C=O) groups is 1. The highest BCUT2D eigenvalue weighted by Crippen LogP contribution is 2.20. The molecular formula is C11H11ClN4O. The van der Waals surface area contributed by atoms with Crippen molar-refractivity contribution in [1.82, 2.24) is 9.97 Å². The Morgan fingerprint density at radius 1 is 1.53 bits per heavy atom. The lowest BCUT2D eigenvalue weighted by Gasteiger charge is -2.07. The monoisotopic (exact) mass is 250 g/mol. The SMILES string of the molecule is NC(=O)c1cc(NCc2cnc[nH]2)ccc1Cl. The molecule has 6 heteroatoms. The molecule has 1 amide bonds. The second-order valence-corrected chi connectivity index (χ2v) is 3.90. The summed E-state index contributed by atoms with van der Waals surface area (Å²) in [5.74, 6) is -0.541. The fourth-order valence-electron chi connectivity index (χ4n) is 1.40. The van der Waals surface area contributed by atoms with Gasteiger partial charge in [-0.3, -0.25) is 4.79 Å². The summed E-state index contributed by atoms with van der Waals surface area (Å²) in [5, 5.41) is 3.48. The van der Waals surface area contributed by atoms with Gasteiger partial charge in [0.25, 0.3) is 0 Å². The number of rotatable bonds is 4. The highest BCUT2D eigenvalue weighted by Gasteiger charge is 2.07. The Kier molecular flexibility index (Phi) is 3.30. The lowest BCUT2D eigenvalue weighted by atomic mass is 10.2. The quantitative estimate of drug-likeness (QED) is 0.773. The van der Waals surface area contributed by atoms with Crippen LogP contribution in [-0.2, 0) is 6.54 Å². The number of halogens is 1. The van der Waals surface area contributed by atoms with Gasteiger partial charge in [-0.25, -0.2) is 4.98 Å². The smallest absolute Gasteiger partial charge is 0.250 e. The van der Waals surface area contributed by atoms with Gasteiger partial charge in [0.15, 0.2) is 0 Å². The molecule has 0 saturated carbocycles. The van der Waals surface area contributed by atoms with E-state index in [1.165, 1.54) is 0 Å². The molecule has 0 aliphatic heterocycles. The van der Waals surface area contributed by atoms with Crippen LogP contribution in [0.25, 0.3) is 0 Å². The fourth-order valence-corrected chi connectivity index (χ4v) is 1.61. The first-order valence-corrected chi connectivity index (χ1v) is 5.35. The van der Waals surface area contributed by atoms with Crippen LogP contribution in [-0.4, -0.2) is 15.9 Å². The number of nitrogens with two attached hydrogens (primary N) is 1. The van der Waals surface area contributed by atoms with Gasteiger partial charge in [-0.05, 0) is 18.2 Å². The third-order valence-corrected chi connectivity index (χ3v) is 2.60. The van der Waals surface area contributed by atoms with Crippen molar-refractivity contribution in [3.63, 3.8) is 0 Å². The second kappa shape index (κ2) is 4.88. The summed E-state index contributed by atoms with van der Waals surface area (Å²) in [5.41, 5.74) is 7.23. The number of anilines is 1. The van der Waals surface area contributed by atoms with E-state index in [0.717, 1.165) is 11.4 Å². The molecule has 0 unspecified atom stereocenters. The normalized spacial score (nSPS) is 10.2. The van der Waals surface area contributed by atoms with Crippen LogP contribution in [0.4, 0.5) is 5.69 Å². The van der Waals surface area contributed by atoms with Crippen LogP contribution in [0.1, 0.15) is 16.1 Å². The van der Waals surface area contributed by atoms with Crippen molar-refractivity contribution in [1.29, 1.82) is 0 Å². The molecule has 88 valence electrons. The maximum absolute atomic E-state index is 11.1. The summed E-state index contributed by atoms with van der Waals surface area (Å²) in [7, 11) is 0. The molecule has 1 aromatic heterocycles. The minimum Gasteiger partial charge on any atom is -0.379 e. The number of aromatic nitrogens is 2. The minimum absolute atomic E-state index is 0.307. The fraction of sp³-hybridized carbons (Fsp3) is 0.0909. The number of aromatic amines is 1. The van der Waals surface area contributed by atoms with Gasteiger partial charge in [0, 0.05) is 11.9 Å². The van der Waals surface area contributed by atoms with Crippen molar-refractivity contribution in [2.75, 3.05) is 5.32 Å². The number of hydrogen-bond donors (Lipinski definition) is 3. The first-order chi connectivity index (χ1) is 8.16. The highest BCUT2D eigenvalue weighted by molar-refractivity contribution is 6.33. The van der Waals surface area contributed by atoms with Gasteiger partial charge in [0.1, 0.15) is 0 Å². The summed E-state index contributed by atoms with van der Waals surface area (Å²) in [4.78, 5) is 18.0. The van der Waals surface area contributed by atoms with E-state index in [0.29, 0.717) is 17.1 Å². The van der Waals surface area contributed by atoms with Gasteiger partial charge in [-0.2, -0.15) is 0 Å².